The van der Waals surface area contributed by atoms with Gasteiger partial charge in [-0.3, -0.25) is 13.7 Å². The fourth-order valence-corrected chi connectivity index (χ4v) is 8.41. The summed E-state index contributed by atoms with van der Waals surface area (Å²) in [5.41, 5.74) is 8.99. The number of benzene rings is 6. The molecule has 0 radical (unpaired) electrons. The molecule has 5 heterocycles. The highest BCUT2D eigenvalue weighted by Gasteiger charge is 2.27. The first-order chi connectivity index (χ1) is 26.1. The average molecular weight is 685 g/mol. The molecule has 53 heavy (non-hydrogen) atoms. The molecule has 7 nitrogen and oxygen atoms in total. The molecular weight excluding hydrogens is 653 g/mol. The summed E-state index contributed by atoms with van der Waals surface area (Å²) in [5.74, 6) is 2.34. The number of para-hydroxylation sites is 3. The molecule has 0 saturated carbocycles. The van der Waals surface area contributed by atoms with Crippen molar-refractivity contribution in [3.8, 4) is 28.7 Å². The van der Waals surface area contributed by atoms with E-state index < -0.39 is 0 Å². The van der Waals surface area contributed by atoms with E-state index in [0.717, 1.165) is 45.1 Å². The van der Waals surface area contributed by atoms with E-state index in [1.807, 2.05) is 70.2 Å². The third-order valence-corrected chi connectivity index (χ3v) is 10.7. The first kappa shape index (κ1) is 29.6. The first-order valence-corrected chi connectivity index (χ1v) is 17.8. The van der Waals surface area contributed by atoms with Gasteiger partial charge in [0.25, 0.3) is 6.33 Å². The largest absolute Gasteiger partial charge is 0.458 e. The molecule has 0 N–H and O–H groups in total. The molecule has 0 aliphatic rings. The predicted molar refractivity (Wildman–Crippen MR) is 213 cm³/mol. The first-order valence-electron chi connectivity index (χ1n) is 17.8. The molecule has 0 unspecified atom stereocenters. The van der Waals surface area contributed by atoms with Crippen LogP contribution in [0.3, 0.4) is 0 Å². The highest BCUT2D eigenvalue weighted by Crippen LogP contribution is 2.48. The number of rotatable bonds is 5. The van der Waals surface area contributed by atoms with Crippen molar-refractivity contribution in [3.63, 3.8) is 0 Å². The molecule has 5 aromatic heterocycles. The van der Waals surface area contributed by atoms with Crippen molar-refractivity contribution in [2.75, 3.05) is 0 Å². The standard InChI is InChI=1S/C46H32N6O/c1-48-37-19-8-6-17-34(37)41-44-42(35-18-7-9-20-38(35)49(44)2)46-43(45(41)48)36-23-22-33(28-39(36)52(46)40-21-10-11-24-47-40)53-32-16-12-15-31(27-32)51-26-25-50(29-51)30-13-4-3-5-14-30/h3-28H,1-2H3. The lowest BCUT2D eigenvalue weighted by atomic mass is 10.0. The van der Waals surface area contributed by atoms with Crippen LogP contribution in [0.5, 0.6) is 11.5 Å². The summed E-state index contributed by atoms with van der Waals surface area (Å²) >= 11 is 0. The third-order valence-electron chi connectivity index (χ3n) is 10.7. The van der Waals surface area contributed by atoms with Crippen molar-refractivity contribution in [2.24, 2.45) is 14.1 Å². The van der Waals surface area contributed by atoms with Gasteiger partial charge in [-0.15, -0.1) is 0 Å². The molecule has 0 aliphatic heterocycles. The monoisotopic (exact) mass is 684 g/mol. The van der Waals surface area contributed by atoms with Gasteiger partial charge in [0.1, 0.15) is 17.3 Å². The van der Waals surface area contributed by atoms with Crippen LogP contribution in [0.4, 0.5) is 0 Å². The van der Waals surface area contributed by atoms with E-state index in [4.69, 9.17) is 9.72 Å². The fraction of sp³-hybridized carbons (Fsp3) is 0.0435. The Kier molecular flexibility index (Phi) is 6.25. The minimum Gasteiger partial charge on any atom is -0.458 e. The van der Waals surface area contributed by atoms with Crippen LogP contribution in [0.15, 0.2) is 158 Å². The maximum atomic E-state index is 6.67. The number of ether oxygens (including phenoxy) is 1. The SMILES string of the molecule is Cn1c2ccccc2c2c1c1c3ccc(Oc4cccc(-[n+]5[c-]n(-c6ccccc6)cc5)c4)cc3n(-c3ccccn3)c1c1c3ccccc3n(C)c21. The van der Waals surface area contributed by atoms with Gasteiger partial charge in [-0.05, 0) is 66.7 Å². The average Bonchev–Trinajstić information content (AvgIpc) is 3.97. The Morgan fingerprint density at radius 3 is 1.92 bits per heavy atom. The van der Waals surface area contributed by atoms with Gasteiger partial charge >= 0.3 is 0 Å². The zero-order valence-corrected chi connectivity index (χ0v) is 29.1. The quantitative estimate of drug-likeness (QED) is 0.134. The molecule has 252 valence electrons. The van der Waals surface area contributed by atoms with E-state index in [-0.39, 0.29) is 0 Å². The minimum atomic E-state index is 0.739. The van der Waals surface area contributed by atoms with Crippen LogP contribution in [0.2, 0.25) is 0 Å². The third kappa shape index (κ3) is 4.28. The van der Waals surface area contributed by atoms with Crippen LogP contribution in [0.1, 0.15) is 0 Å². The van der Waals surface area contributed by atoms with Crippen LogP contribution in [0.25, 0.3) is 82.6 Å². The number of hydrogen-bond donors (Lipinski definition) is 0. The number of fused-ring (bicyclic) bond motifs is 12. The zero-order valence-electron chi connectivity index (χ0n) is 29.1. The van der Waals surface area contributed by atoms with Crippen molar-refractivity contribution >= 4 is 65.4 Å². The van der Waals surface area contributed by atoms with Gasteiger partial charge < -0.3 is 13.9 Å². The van der Waals surface area contributed by atoms with Gasteiger partial charge in [-0.2, -0.15) is 0 Å². The van der Waals surface area contributed by atoms with Crippen molar-refractivity contribution < 1.29 is 9.30 Å². The van der Waals surface area contributed by atoms with E-state index in [2.05, 4.69) is 131 Å². The van der Waals surface area contributed by atoms with Crippen molar-refractivity contribution in [1.82, 2.24) is 23.3 Å². The molecule has 0 amide bonds. The van der Waals surface area contributed by atoms with Crippen molar-refractivity contribution in [1.29, 1.82) is 0 Å². The van der Waals surface area contributed by atoms with Crippen LogP contribution >= 0.6 is 0 Å². The summed E-state index contributed by atoms with van der Waals surface area (Å²) in [7, 11) is 4.38. The van der Waals surface area contributed by atoms with Crippen molar-refractivity contribution in [3.05, 3.63) is 164 Å². The fourth-order valence-electron chi connectivity index (χ4n) is 8.41. The van der Waals surface area contributed by atoms with Gasteiger partial charge in [0.2, 0.25) is 0 Å². The van der Waals surface area contributed by atoms with Gasteiger partial charge in [0, 0.05) is 82.1 Å². The van der Waals surface area contributed by atoms with E-state index >= 15 is 0 Å². The Hall–Kier alpha value is -7.12. The van der Waals surface area contributed by atoms with E-state index in [9.17, 15) is 0 Å². The van der Waals surface area contributed by atoms with Crippen LogP contribution in [-0.2, 0) is 14.1 Å². The molecule has 11 aromatic rings. The molecule has 0 aliphatic carbocycles. The highest BCUT2D eigenvalue weighted by atomic mass is 16.5. The van der Waals surface area contributed by atoms with Gasteiger partial charge in [0.05, 0.1) is 33.4 Å². The van der Waals surface area contributed by atoms with Crippen molar-refractivity contribution in [2.45, 2.75) is 0 Å². The van der Waals surface area contributed by atoms with E-state index in [1.54, 1.807) is 0 Å². The second kappa shape index (κ2) is 11.2. The van der Waals surface area contributed by atoms with Gasteiger partial charge in [-0.25, -0.2) is 4.98 Å². The number of pyridine rings is 1. The molecule has 0 bridgehead atoms. The number of hydrogen-bond acceptors (Lipinski definition) is 2. The van der Waals surface area contributed by atoms with E-state index in [0.29, 0.717) is 0 Å². The Balaban J connectivity index is 1.17. The summed E-state index contributed by atoms with van der Waals surface area (Å²) in [6.45, 7) is 0. The second-order valence-corrected chi connectivity index (χ2v) is 13.6. The molecule has 0 atom stereocenters. The lowest BCUT2D eigenvalue weighted by Gasteiger charge is -2.11. The Morgan fingerprint density at radius 1 is 0.566 bits per heavy atom. The highest BCUT2D eigenvalue weighted by molar-refractivity contribution is 6.39. The van der Waals surface area contributed by atoms with Crippen LogP contribution < -0.4 is 9.30 Å². The number of aromatic nitrogens is 6. The predicted octanol–water partition coefficient (Wildman–Crippen LogP) is 10.1. The minimum absolute atomic E-state index is 0.739. The molecule has 6 aromatic carbocycles. The van der Waals surface area contributed by atoms with E-state index in [1.165, 1.54) is 49.0 Å². The second-order valence-electron chi connectivity index (χ2n) is 13.6. The van der Waals surface area contributed by atoms with Gasteiger partial charge in [0.15, 0.2) is 0 Å². The Labute approximate surface area is 304 Å². The zero-order chi connectivity index (χ0) is 35.2. The van der Waals surface area contributed by atoms with Crippen LogP contribution in [0, 0.1) is 6.33 Å². The normalized spacial score (nSPS) is 12.0. The molecule has 0 saturated heterocycles. The molecule has 7 heteroatoms. The smallest absolute Gasteiger partial charge is 0.268 e. The summed E-state index contributed by atoms with van der Waals surface area (Å²) in [5, 5.41) is 7.28. The maximum absolute atomic E-state index is 6.67. The lowest BCUT2D eigenvalue weighted by Crippen LogP contribution is -2.28. The Bertz CT molecular complexity index is 3220. The van der Waals surface area contributed by atoms with Gasteiger partial charge in [-0.1, -0.05) is 66.7 Å². The summed E-state index contributed by atoms with van der Waals surface area (Å²) in [6, 6.07) is 48.4. The summed E-state index contributed by atoms with van der Waals surface area (Å²) in [6.07, 6.45) is 9.30. The maximum Gasteiger partial charge on any atom is 0.268 e. The summed E-state index contributed by atoms with van der Waals surface area (Å²) < 4.78 is 17.7. The number of aryl methyl sites for hydroxylation is 2. The van der Waals surface area contributed by atoms with Crippen LogP contribution in [-0.4, -0.2) is 23.3 Å². The number of imidazole rings is 1. The molecular formula is C46H32N6O. The summed E-state index contributed by atoms with van der Waals surface area (Å²) in [4.78, 5) is 4.94. The number of nitrogens with zero attached hydrogens (tertiary/aromatic N) is 6. The molecule has 0 spiro atoms. The molecule has 0 fully saturated rings. The topological polar surface area (TPSA) is 45.7 Å². The lowest BCUT2D eigenvalue weighted by molar-refractivity contribution is -0.599. The Morgan fingerprint density at radius 2 is 1.21 bits per heavy atom. The molecule has 11 rings (SSSR count).